The van der Waals surface area contributed by atoms with Crippen molar-refractivity contribution in [2.45, 2.75) is 50.9 Å². The molecule has 1 aliphatic carbocycles. The van der Waals surface area contributed by atoms with E-state index in [0.29, 0.717) is 0 Å². The first-order chi connectivity index (χ1) is 14.5. The Balaban J connectivity index is 1.57. The minimum absolute atomic E-state index is 0.207. The van der Waals surface area contributed by atoms with Crippen LogP contribution in [0.1, 0.15) is 55.2 Å². The zero-order valence-corrected chi connectivity index (χ0v) is 19.2. The molecule has 0 saturated carbocycles. The summed E-state index contributed by atoms with van der Waals surface area (Å²) in [6.45, 7) is 7.32. The predicted octanol–water partition coefficient (Wildman–Crippen LogP) is 5.73. The fourth-order valence-electron chi connectivity index (χ4n) is 6.61. The Morgan fingerprint density at radius 3 is 1.87 bits per heavy atom. The quantitative estimate of drug-likeness (QED) is 0.645. The van der Waals surface area contributed by atoms with E-state index in [4.69, 9.17) is 0 Å². The minimum Gasteiger partial charge on any atom is -0.306 e. The van der Waals surface area contributed by atoms with E-state index in [1.165, 1.54) is 81.4 Å². The van der Waals surface area contributed by atoms with Crippen molar-refractivity contribution in [1.82, 2.24) is 9.80 Å². The summed E-state index contributed by atoms with van der Waals surface area (Å²) >= 11 is 0. The molecule has 2 fully saturated rings. The summed E-state index contributed by atoms with van der Waals surface area (Å²) in [6, 6.07) is 16.6. The minimum atomic E-state index is 0.207. The number of aryl methyl sites for hydroxylation is 1. The van der Waals surface area contributed by atoms with Crippen molar-refractivity contribution in [2.24, 2.45) is 11.8 Å². The molecule has 0 bridgehead atoms. The van der Waals surface area contributed by atoms with Crippen molar-refractivity contribution < 1.29 is 0 Å². The number of piperidine rings is 2. The van der Waals surface area contributed by atoms with Gasteiger partial charge < -0.3 is 9.80 Å². The molecule has 30 heavy (non-hydrogen) atoms. The molecule has 2 aliphatic heterocycles. The molecule has 2 saturated heterocycles. The lowest BCUT2D eigenvalue weighted by molar-refractivity contribution is 0.160. The van der Waals surface area contributed by atoms with Crippen LogP contribution in [0.3, 0.4) is 0 Å². The van der Waals surface area contributed by atoms with Crippen LogP contribution in [0.25, 0.3) is 11.1 Å². The van der Waals surface area contributed by atoms with E-state index < -0.39 is 0 Å². The Hall–Kier alpha value is -1.64. The van der Waals surface area contributed by atoms with E-state index in [-0.39, 0.29) is 5.41 Å². The summed E-state index contributed by atoms with van der Waals surface area (Å²) < 4.78 is 0. The summed E-state index contributed by atoms with van der Waals surface area (Å²) in [5.74, 6) is 1.68. The lowest BCUT2D eigenvalue weighted by Gasteiger charge is -2.42. The third-order valence-corrected chi connectivity index (χ3v) is 8.37. The molecule has 0 spiro atoms. The van der Waals surface area contributed by atoms with Crippen LogP contribution in [0.2, 0.25) is 0 Å². The molecule has 0 unspecified atom stereocenters. The van der Waals surface area contributed by atoms with E-state index in [2.05, 4.69) is 73.3 Å². The molecular formula is C28H38N2. The molecule has 2 heterocycles. The summed E-state index contributed by atoms with van der Waals surface area (Å²) in [4.78, 5) is 5.03. The number of benzene rings is 2. The van der Waals surface area contributed by atoms with Gasteiger partial charge in [0.1, 0.15) is 0 Å². The van der Waals surface area contributed by atoms with Gasteiger partial charge in [-0.1, -0.05) is 48.0 Å². The fraction of sp³-hybridized carbons (Fsp3) is 0.571. The van der Waals surface area contributed by atoms with Gasteiger partial charge in [-0.25, -0.2) is 0 Å². The molecule has 2 aromatic rings. The topological polar surface area (TPSA) is 6.48 Å². The Morgan fingerprint density at radius 2 is 1.27 bits per heavy atom. The molecule has 2 heteroatoms. The smallest absolute Gasteiger partial charge is 0.0220 e. The van der Waals surface area contributed by atoms with Gasteiger partial charge in [-0.2, -0.15) is 0 Å². The Bertz CT molecular complexity index is 861. The van der Waals surface area contributed by atoms with Crippen LogP contribution in [0, 0.1) is 18.8 Å². The van der Waals surface area contributed by atoms with E-state index in [0.717, 1.165) is 11.8 Å². The van der Waals surface area contributed by atoms with Gasteiger partial charge in [-0.05, 0) is 120 Å². The summed E-state index contributed by atoms with van der Waals surface area (Å²) in [5, 5.41) is 0. The first kappa shape index (κ1) is 20.3. The third kappa shape index (κ3) is 3.63. The lowest BCUT2D eigenvalue weighted by Crippen LogP contribution is -2.38. The molecule has 0 amide bonds. The second-order valence-electron chi connectivity index (χ2n) is 10.6. The van der Waals surface area contributed by atoms with Crippen LogP contribution in [-0.2, 0) is 5.41 Å². The van der Waals surface area contributed by atoms with E-state index in [1.807, 2.05) is 0 Å². The Kier molecular flexibility index (Phi) is 5.49. The molecular weight excluding hydrogens is 364 g/mol. The van der Waals surface area contributed by atoms with Crippen molar-refractivity contribution in [2.75, 3.05) is 40.3 Å². The fourth-order valence-corrected chi connectivity index (χ4v) is 6.61. The maximum atomic E-state index is 2.54. The zero-order chi connectivity index (χ0) is 20.7. The number of likely N-dealkylation sites (tertiary alicyclic amines) is 2. The second-order valence-corrected chi connectivity index (χ2v) is 10.6. The van der Waals surface area contributed by atoms with Gasteiger partial charge in [-0.15, -0.1) is 0 Å². The molecule has 5 rings (SSSR count). The normalized spacial score (nSPS) is 22.8. The van der Waals surface area contributed by atoms with Gasteiger partial charge in [0, 0.05) is 5.41 Å². The first-order valence-electron chi connectivity index (χ1n) is 12.1. The number of hydrogen-bond donors (Lipinski definition) is 0. The SMILES string of the molecule is Cc1ccc2c(c1)C(CC1CCN(C)CC1)(CC1CCN(C)CC1)c1ccccc1-2. The molecule has 0 aromatic heterocycles. The van der Waals surface area contributed by atoms with E-state index in [9.17, 15) is 0 Å². The summed E-state index contributed by atoms with van der Waals surface area (Å²) in [7, 11) is 4.57. The molecule has 2 aromatic carbocycles. The zero-order valence-electron chi connectivity index (χ0n) is 19.2. The molecule has 160 valence electrons. The van der Waals surface area contributed by atoms with Gasteiger partial charge in [0.05, 0.1) is 0 Å². The van der Waals surface area contributed by atoms with Gasteiger partial charge in [-0.3, -0.25) is 0 Å². The molecule has 0 N–H and O–H groups in total. The van der Waals surface area contributed by atoms with Gasteiger partial charge in [0.2, 0.25) is 0 Å². The third-order valence-electron chi connectivity index (χ3n) is 8.37. The highest BCUT2D eigenvalue weighted by Gasteiger charge is 2.46. The van der Waals surface area contributed by atoms with Crippen LogP contribution in [0.4, 0.5) is 0 Å². The number of fused-ring (bicyclic) bond motifs is 3. The van der Waals surface area contributed by atoms with Gasteiger partial charge in [0.15, 0.2) is 0 Å². The van der Waals surface area contributed by atoms with Crippen LogP contribution < -0.4 is 0 Å². The monoisotopic (exact) mass is 402 g/mol. The standard InChI is InChI=1S/C28H38N2/c1-21-8-9-25-24-6-4-5-7-26(24)28(27(25)18-21,19-22-10-14-29(2)15-11-22)20-23-12-16-30(3)17-13-23/h4-9,18,22-23H,10-17,19-20H2,1-3H3. The van der Waals surface area contributed by atoms with Crippen LogP contribution in [0.15, 0.2) is 42.5 Å². The van der Waals surface area contributed by atoms with E-state index >= 15 is 0 Å². The average Bonchev–Trinajstić information content (AvgIpc) is 3.01. The van der Waals surface area contributed by atoms with Gasteiger partial charge in [0.25, 0.3) is 0 Å². The predicted molar refractivity (Wildman–Crippen MR) is 127 cm³/mol. The van der Waals surface area contributed by atoms with Crippen LogP contribution in [0.5, 0.6) is 0 Å². The second kappa shape index (κ2) is 8.13. The summed E-state index contributed by atoms with van der Waals surface area (Å²) in [6.07, 6.45) is 8.09. The van der Waals surface area contributed by atoms with Crippen molar-refractivity contribution in [3.8, 4) is 11.1 Å². The maximum absolute atomic E-state index is 2.54. The highest BCUT2D eigenvalue weighted by molar-refractivity contribution is 5.81. The molecule has 2 nitrogen and oxygen atoms in total. The average molecular weight is 403 g/mol. The Labute approximate surface area is 183 Å². The number of rotatable bonds is 4. The highest BCUT2D eigenvalue weighted by Crippen LogP contribution is 2.56. The van der Waals surface area contributed by atoms with Gasteiger partial charge >= 0.3 is 0 Å². The van der Waals surface area contributed by atoms with Crippen molar-refractivity contribution in [3.05, 3.63) is 59.2 Å². The lowest BCUT2D eigenvalue weighted by atomic mass is 9.64. The largest absolute Gasteiger partial charge is 0.306 e. The van der Waals surface area contributed by atoms with Crippen LogP contribution in [-0.4, -0.2) is 50.1 Å². The molecule has 3 aliphatic rings. The van der Waals surface area contributed by atoms with Crippen molar-refractivity contribution >= 4 is 0 Å². The molecule has 0 radical (unpaired) electrons. The number of hydrogen-bond acceptors (Lipinski definition) is 2. The van der Waals surface area contributed by atoms with E-state index in [1.54, 1.807) is 11.1 Å². The van der Waals surface area contributed by atoms with Crippen molar-refractivity contribution in [3.63, 3.8) is 0 Å². The highest BCUT2D eigenvalue weighted by atomic mass is 15.1. The number of nitrogens with zero attached hydrogens (tertiary/aromatic N) is 2. The molecule has 0 atom stereocenters. The maximum Gasteiger partial charge on any atom is 0.0220 e. The summed E-state index contributed by atoms with van der Waals surface area (Å²) in [5.41, 5.74) is 7.91. The Morgan fingerprint density at radius 1 is 0.733 bits per heavy atom. The first-order valence-corrected chi connectivity index (χ1v) is 12.1. The van der Waals surface area contributed by atoms with Crippen molar-refractivity contribution in [1.29, 1.82) is 0 Å². The van der Waals surface area contributed by atoms with Crippen LogP contribution >= 0.6 is 0 Å².